The Bertz CT molecular complexity index is 689. The van der Waals surface area contributed by atoms with Gasteiger partial charge in [0.15, 0.2) is 0 Å². The molecule has 0 aromatic heterocycles. The summed E-state index contributed by atoms with van der Waals surface area (Å²) in [6, 6.07) is 0. The van der Waals surface area contributed by atoms with Gasteiger partial charge in [-0.05, 0) is 67.9 Å². The van der Waals surface area contributed by atoms with E-state index in [1.807, 2.05) is 12.2 Å². The third kappa shape index (κ3) is 19.2. The number of aliphatic hydroxyl groups excluding tert-OH is 2. The van der Waals surface area contributed by atoms with Crippen LogP contribution in [-0.2, 0) is 0 Å². The summed E-state index contributed by atoms with van der Waals surface area (Å²) in [5, 5.41) is 17.5. The van der Waals surface area contributed by atoms with E-state index in [0.717, 1.165) is 38.5 Å². The third-order valence-electron chi connectivity index (χ3n) is 2.80. The van der Waals surface area contributed by atoms with E-state index >= 15 is 0 Å². The number of hydrogen-bond donors (Lipinski definition) is 2. The minimum absolute atomic E-state index is 0.370. The average molecular weight is 332 g/mol. The molecular formula is C23H24O2. The molecule has 0 spiro atoms. The molecule has 25 heavy (non-hydrogen) atoms. The number of terminal acetylenes is 1. The van der Waals surface area contributed by atoms with Gasteiger partial charge < -0.3 is 10.2 Å². The van der Waals surface area contributed by atoms with E-state index in [-0.39, 0.29) is 6.61 Å². The molecule has 0 fully saturated rings. The Morgan fingerprint density at radius 2 is 1.48 bits per heavy atom. The monoisotopic (exact) mass is 332 g/mol. The van der Waals surface area contributed by atoms with Crippen molar-refractivity contribution in [2.75, 3.05) is 6.61 Å². The van der Waals surface area contributed by atoms with Crippen molar-refractivity contribution < 1.29 is 10.2 Å². The zero-order valence-electron chi connectivity index (χ0n) is 14.5. The Kier molecular flexibility index (Phi) is 17.1. The predicted octanol–water partition coefficient (Wildman–Crippen LogP) is 2.83. The fourth-order valence-electron chi connectivity index (χ4n) is 1.54. The highest BCUT2D eigenvalue weighted by atomic mass is 16.3. The highest BCUT2D eigenvalue weighted by Crippen LogP contribution is 2.01. The van der Waals surface area contributed by atoms with Crippen molar-refractivity contribution >= 4 is 0 Å². The molecule has 0 saturated heterocycles. The van der Waals surface area contributed by atoms with Gasteiger partial charge in [0.2, 0.25) is 0 Å². The first kappa shape index (κ1) is 22.2. The lowest BCUT2D eigenvalue weighted by Crippen LogP contribution is -2.07. The van der Waals surface area contributed by atoms with Crippen LogP contribution in [0.5, 0.6) is 0 Å². The number of aliphatic hydroxyl groups is 2. The molecule has 0 rings (SSSR count). The maximum Gasteiger partial charge on any atom is 0.138 e. The highest BCUT2D eigenvalue weighted by molar-refractivity contribution is 5.31. The number of rotatable bonds is 8. The molecule has 2 nitrogen and oxygen atoms in total. The lowest BCUT2D eigenvalue weighted by Gasteiger charge is -1.90. The SMILES string of the molecule is C#CC=CCCCCC=CC#CC#CCCCC#CC#CC(O)CO. The van der Waals surface area contributed by atoms with Crippen molar-refractivity contribution in [3.05, 3.63) is 24.3 Å². The summed E-state index contributed by atoms with van der Waals surface area (Å²) in [6.45, 7) is -0.370. The second kappa shape index (κ2) is 19.2. The van der Waals surface area contributed by atoms with Gasteiger partial charge in [-0.3, -0.25) is 0 Å². The average Bonchev–Trinajstić information content (AvgIpc) is 2.63. The summed E-state index contributed by atoms with van der Waals surface area (Å²) < 4.78 is 0. The van der Waals surface area contributed by atoms with Crippen LogP contribution in [0, 0.1) is 59.7 Å². The van der Waals surface area contributed by atoms with Gasteiger partial charge in [-0.25, -0.2) is 0 Å². The van der Waals surface area contributed by atoms with Crippen LogP contribution < -0.4 is 0 Å². The second-order valence-electron chi connectivity index (χ2n) is 4.95. The topological polar surface area (TPSA) is 40.5 Å². The molecule has 0 aromatic carbocycles. The smallest absolute Gasteiger partial charge is 0.138 e. The summed E-state index contributed by atoms with van der Waals surface area (Å²) >= 11 is 0. The van der Waals surface area contributed by atoms with Crippen LogP contribution in [0.3, 0.4) is 0 Å². The number of hydrogen-bond acceptors (Lipinski definition) is 2. The van der Waals surface area contributed by atoms with Gasteiger partial charge in [-0.2, -0.15) is 0 Å². The highest BCUT2D eigenvalue weighted by Gasteiger charge is 1.90. The summed E-state index contributed by atoms with van der Waals surface area (Å²) in [7, 11) is 0. The molecule has 2 heteroatoms. The molecule has 0 bridgehead atoms. The maximum atomic E-state index is 8.97. The molecule has 0 aliphatic heterocycles. The molecule has 128 valence electrons. The van der Waals surface area contributed by atoms with Crippen molar-refractivity contribution in [1.29, 1.82) is 0 Å². The summed E-state index contributed by atoms with van der Waals surface area (Å²) in [6.07, 6.45) is 18.4. The first-order chi connectivity index (χ1) is 12.3. The van der Waals surface area contributed by atoms with Crippen molar-refractivity contribution in [2.45, 2.75) is 51.0 Å². The Hall–Kier alpha value is -2.80. The standard InChI is InChI=1S/C23H24O2/c1-2-3-4-5-6-7-8-9-10-11-12-13-14-15-16-17-18-19-20-21-23(25)22-24/h1,3-4,9-10,23-25H,5-8,15-17,22H2. The molecule has 0 heterocycles. The Labute approximate surface area is 152 Å². The quantitative estimate of drug-likeness (QED) is 0.530. The van der Waals surface area contributed by atoms with Crippen molar-refractivity contribution in [1.82, 2.24) is 0 Å². The lowest BCUT2D eigenvalue weighted by atomic mass is 10.2. The van der Waals surface area contributed by atoms with Gasteiger partial charge in [0, 0.05) is 12.8 Å². The van der Waals surface area contributed by atoms with E-state index < -0.39 is 6.10 Å². The van der Waals surface area contributed by atoms with E-state index in [1.165, 1.54) is 0 Å². The van der Waals surface area contributed by atoms with E-state index in [2.05, 4.69) is 59.4 Å². The zero-order chi connectivity index (χ0) is 18.4. The van der Waals surface area contributed by atoms with Gasteiger partial charge in [-0.15, -0.1) is 6.42 Å². The molecule has 1 unspecified atom stereocenters. The predicted molar refractivity (Wildman–Crippen MR) is 104 cm³/mol. The third-order valence-corrected chi connectivity index (χ3v) is 2.80. The zero-order valence-corrected chi connectivity index (χ0v) is 14.5. The minimum atomic E-state index is -1.01. The second-order valence-corrected chi connectivity index (χ2v) is 4.95. The van der Waals surface area contributed by atoms with E-state index in [0.29, 0.717) is 6.42 Å². The fraction of sp³-hybridized carbons (Fsp3) is 0.391. The van der Waals surface area contributed by atoms with Gasteiger partial charge in [0.05, 0.1) is 6.61 Å². The summed E-state index contributed by atoms with van der Waals surface area (Å²) in [5.41, 5.74) is 0. The van der Waals surface area contributed by atoms with Gasteiger partial charge >= 0.3 is 0 Å². The van der Waals surface area contributed by atoms with Crippen LogP contribution in [0.4, 0.5) is 0 Å². The summed E-state index contributed by atoms with van der Waals surface area (Å²) in [5.74, 6) is 24.3. The maximum absolute atomic E-state index is 8.97. The van der Waals surface area contributed by atoms with Crippen molar-refractivity contribution in [3.8, 4) is 59.7 Å². The molecule has 0 amide bonds. The minimum Gasteiger partial charge on any atom is -0.393 e. The van der Waals surface area contributed by atoms with E-state index in [1.54, 1.807) is 6.08 Å². The Morgan fingerprint density at radius 3 is 2.12 bits per heavy atom. The molecule has 0 saturated carbocycles. The molecule has 0 radical (unpaired) electrons. The largest absolute Gasteiger partial charge is 0.393 e. The normalized spacial score (nSPS) is 10.3. The Morgan fingerprint density at radius 1 is 0.840 bits per heavy atom. The molecule has 0 aliphatic rings. The molecule has 0 aromatic rings. The summed E-state index contributed by atoms with van der Waals surface area (Å²) in [4.78, 5) is 0. The Balaban J connectivity index is 3.68. The lowest BCUT2D eigenvalue weighted by molar-refractivity contribution is 0.138. The number of allylic oxidation sites excluding steroid dienone is 4. The van der Waals surface area contributed by atoms with E-state index in [9.17, 15) is 0 Å². The first-order valence-corrected chi connectivity index (χ1v) is 8.33. The van der Waals surface area contributed by atoms with Crippen molar-refractivity contribution in [2.24, 2.45) is 0 Å². The van der Waals surface area contributed by atoms with Crippen LogP contribution >= 0.6 is 0 Å². The van der Waals surface area contributed by atoms with Gasteiger partial charge in [0.1, 0.15) is 6.10 Å². The molecule has 0 aliphatic carbocycles. The molecular weight excluding hydrogens is 308 g/mol. The first-order valence-electron chi connectivity index (χ1n) is 8.33. The van der Waals surface area contributed by atoms with Gasteiger partial charge in [-0.1, -0.05) is 41.8 Å². The van der Waals surface area contributed by atoms with Crippen LogP contribution in [-0.4, -0.2) is 22.9 Å². The van der Waals surface area contributed by atoms with Crippen LogP contribution in [0.15, 0.2) is 24.3 Å². The fourth-order valence-corrected chi connectivity index (χ4v) is 1.54. The van der Waals surface area contributed by atoms with Crippen molar-refractivity contribution in [3.63, 3.8) is 0 Å². The molecule has 2 N–H and O–H groups in total. The van der Waals surface area contributed by atoms with Crippen LogP contribution in [0.2, 0.25) is 0 Å². The molecule has 1 atom stereocenters. The van der Waals surface area contributed by atoms with E-state index in [4.69, 9.17) is 16.6 Å². The van der Waals surface area contributed by atoms with Crippen LogP contribution in [0.1, 0.15) is 44.9 Å². The van der Waals surface area contributed by atoms with Gasteiger partial charge in [0.25, 0.3) is 0 Å². The van der Waals surface area contributed by atoms with Crippen LogP contribution in [0.25, 0.3) is 0 Å². The number of unbranched alkanes of at least 4 members (excludes halogenated alkanes) is 5.